The Kier molecular flexibility index (Phi) is 9.20. The first-order valence-corrected chi connectivity index (χ1v) is 9.32. The van der Waals surface area contributed by atoms with Crippen LogP contribution in [0.4, 0.5) is 22.0 Å². The van der Waals surface area contributed by atoms with Crippen LogP contribution in [0.15, 0.2) is 11.7 Å². The Labute approximate surface area is 156 Å². The van der Waals surface area contributed by atoms with Crippen LogP contribution >= 0.6 is 0 Å². The van der Waals surface area contributed by atoms with Gasteiger partial charge < -0.3 is 4.74 Å². The Balaban J connectivity index is 0.00000176. The van der Waals surface area contributed by atoms with E-state index >= 15 is 0 Å². The minimum atomic E-state index is -1.97. The van der Waals surface area contributed by atoms with Crippen molar-refractivity contribution in [1.82, 2.24) is 0 Å². The summed E-state index contributed by atoms with van der Waals surface area (Å²) in [7, 11) is 0. The normalized spacial score (nSPS) is 37.2. The van der Waals surface area contributed by atoms with Crippen LogP contribution in [0.1, 0.15) is 52.9 Å². The van der Waals surface area contributed by atoms with Gasteiger partial charge in [-0.1, -0.05) is 20.8 Å². The van der Waals surface area contributed by atoms with Crippen LogP contribution in [0.25, 0.3) is 0 Å². The zero-order valence-electron chi connectivity index (χ0n) is 15.7. The molecule has 0 N–H and O–H groups in total. The number of alkyl halides is 3. The van der Waals surface area contributed by atoms with E-state index in [1.165, 1.54) is 0 Å². The molecule has 5 atom stereocenters. The van der Waals surface area contributed by atoms with Gasteiger partial charge in [-0.2, -0.15) is 9.65 Å². The van der Waals surface area contributed by atoms with Crippen molar-refractivity contribution in [2.75, 3.05) is 0 Å². The maximum absolute atomic E-state index is 14.1. The maximum Gasteiger partial charge on any atom is 0.370 e. The molecule has 2 fully saturated rings. The number of hydrogen-bond donors (Lipinski definition) is 0. The van der Waals surface area contributed by atoms with Crippen LogP contribution in [0.2, 0.25) is 0 Å². The number of rotatable bonds is 3. The molecule has 2 aliphatic rings. The number of esters is 1. The van der Waals surface area contributed by atoms with Gasteiger partial charge in [0.2, 0.25) is 5.83 Å². The molecule has 0 spiro atoms. The summed E-state index contributed by atoms with van der Waals surface area (Å²) in [5.74, 6) is -8.55. The van der Waals surface area contributed by atoms with Gasteiger partial charge in [0.05, 0.1) is 17.9 Å². The number of halogens is 5. The lowest BCUT2D eigenvalue weighted by Crippen LogP contribution is -2.36. The molecule has 2 aliphatic carbocycles. The minimum Gasteiger partial charge on any atom is -0.457 e. The van der Waals surface area contributed by atoms with Crippen molar-refractivity contribution in [2.24, 2.45) is 17.8 Å². The van der Waals surface area contributed by atoms with E-state index in [0.717, 1.165) is 0 Å². The third kappa shape index (κ3) is 5.91. The molecule has 2 saturated carbocycles. The Hall–Kier alpha value is -1.65. The number of nitrogens with zero attached hydrogens (tertiary/aromatic N) is 1. The molecule has 2 rings (SSSR count). The smallest absolute Gasteiger partial charge is 0.370 e. The standard InChI is InChI=1S/C17H20F5NO2.C2H6/c1-8-4-12(19)14(13(20)5-8)15(21)16(22)17(24)25-10-3-2-9(7-23)11(18)6-10;1-2/h8-14H,2-6H2,1H3;1-2H3. The van der Waals surface area contributed by atoms with E-state index in [1.807, 2.05) is 13.8 Å². The fourth-order valence-electron chi connectivity index (χ4n) is 3.48. The second-order valence-electron chi connectivity index (χ2n) is 6.89. The highest BCUT2D eigenvalue weighted by molar-refractivity contribution is 5.86. The summed E-state index contributed by atoms with van der Waals surface area (Å²) in [5.41, 5.74) is 0. The maximum atomic E-state index is 14.1. The van der Waals surface area contributed by atoms with Gasteiger partial charge in [-0.25, -0.2) is 22.4 Å². The van der Waals surface area contributed by atoms with E-state index in [-0.39, 0.29) is 38.0 Å². The zero-order chi connectivity index (χ0) is 20.7. The number of allylic oxidation sites excluding steroid dienone is 1. The predicted molar refractivity (Wildman–Crippen MR) is 90.0 cm³/mol. The highest BCUT2D eigenvalue weighted by atomic mass is 19.2. The third-order valence-electron chi connectivity index (χ3n) is 4.88. The predicted octanol–water partition coefficient (Wildman–Crippen LogP) is 5.46. The Bertz CT molecular complexity index is 565. The molecule has 3 nitrogen and oxygen atoms in total. The van der Waals surface area contributed by atoms with Crippen molar-refractivity contribution in [2.45, 2.75) is 77.5 Å². The van der Waals surface area contributed by atoms with Crippen LogP contribution in [-0.2, 0) is 9.53 Å². The van der Waals surface area contributed by atoms with Crippen LogP contribution in [0, 0.1) is 29.1 Å². The van der Waals surface area contributed by atoms with E-state index in [2.05, 4.69) is 0 Å². The van der Waals surface area contributed by atoms with Crippen molar-refractivity contribution < 1.29 is 31.5 Å². The Morgan fingerprint density at radius 3 is 2.04 bits per heavy atom. The Morgan fingerprint density at radius 2 is 1.56 bits per heavy atom. The van der Waals surface area contributed by atoms with Crippen molar-refractivity contribution in [3.8, 4) is 6.07 Å². The minimum absolute atomic E-state index is 0.122. The lowest BCUT2D eigenvalue weighted by atomic mass is 9.79. The van der Waals surface area contributed by atoms with Gasteiger partial charge in [0.25, 0.3) is 0 Å². The molecule has 0 aliphatic heterocycles. The van der Waals surface area contributed by atoms with Crippen molar-refractivity contribution in [3.63, 3.8) is 0 Å². The van der Waals surface area contributed by atoms with Crippen molar-refractivity contribution >= 4 is 5.97 Å². The summed E-state index contributed by atoms with van der Waals surface area (Å²) in [5, 5.41) is 8.72. The third-order valence-corrected chi connectivity index (χ3v) is 4.88. The monoisotopic (exact) mass is 395 g/mol. The first kappa shape index (κ1) is 23.4. The lowest BCUT2D eigenvalue weighted by Gasteiger charge is -2.32. The number of carbonyl (C=O) groups excluding carboxylic acids is 1. The van der Waals surface area contributed by atoms with Gasteiger partial charge in [-0.15, -0.1) is 0 Å². The van der Waals surface area contributed by atoms with E-state index in [0.29, 0.717) is 0 Å². The fraction of sp³-hybridized carbons (Fsp3) is 0.789. The summed E-state index contributed by atoms with van der Waals surface area (Å²) in [4.78, 5) is 11.7. The van der Waals surface area contributed by atoms with Gasteiger partial charge in [0, 0.05) is 6.42 Å². The summed E-state index contributed by atoms with van der Waals surface area (Å²) < 4.78 is 74.2. The van der Waals surface area contributed by atoms with E-state index in [9.17, 15) is 26.7 Å². The number of carbonyl (C=O) groups is 1. The molecule has 0 bridgehead atoms. The number of hydrogen-bond acceptors (Lipinski definition) is 3. The number of ether oxygens (including phenoxy) is 1. The molecule has 0 heterocycles. The topological polar surface area (TPSA) is 50.1 Å². The average Bonchev–Trinajstić information content (AvgIpc) is 2.62. The quantitative estimate of drug-likeness (QED) is 0.362. The molecule has 0 radical (unpaired) electrons. The molecule has 0 aromatic carbocycles. The number of nitriles is 1. The molecule has 8 heteroatoms. The van der Waals surface area contributed by atoms with Crippen molar-refractivity contribution in [3.05, 3.63) is 11.7 Å². The van der Waals surface area contributed by atoms with Crippen molar-refractivity contribution in [1.29, 1.82) is 5.26 Å². The highest BCUT2D eigenvalue weighted by Crippen LogP contribution is 2.39. The molecular weight excluding hydrogens is 369 g/mol. The fourth-order valence-corrected chi connectivity index (χ4v) is 3.48. The van der Waals surface area contributed by atoms with Crippen LogP contribution in [0.5, 0.6) is 0 Å². The lowest BCUT2D eigenvalue weighted by molar-refractivity contribution is -0.149. The van der Waals surface area contributed by atoms with Crippen LogP contribution in [-0.4, -0.2) is 30.6 Å². The van der Waals surface area contributed by atoms with Crippen LogP contribution in [0.3, 0.4) is 0 Å². The van der Waals surface area contributed by atoms with E-state index in [1.54, 1.807) is 13.0 Å². The van der Waals surface area contributed by atoms with Gasteiger partial charge in [0.1, 0.15) is 24.6 Å². The van der Waals surface area contributed by atoms with Gasteiger partial charge >= 0.3 is 5.97 Å². The second kappa shape index (κ2) is 10.6. The molecule has 0 aromatic rings. The first-order chi connectivity index (χ1) is 12.7. The van der Waals surface area contributed by atoms with E-state index < -0.39 is 54.1 Å². The molecule has 0 saturated heterocycles. The largest absolute Gasteiger partial charge is 0.457 e. The van der Waals surface area contributed by atoms with Gasteiger partial charge in [-0.3, -0.25) is 0 Å². The zero-order valence-corrected chi connectivity index (χ0v) is 15.7. The van der Waals surface area contributed by atoms with E-state index in [4.69, 9.17) is 10.00 Å². The average molecular weight is 395 g/mol. The second-order valence-corrected chi connectivity index (χ2v) is 6.89. The summed E-state index contributed by atoms with van der Waals surface area (Å²) in [6, 6.07) is 1.78. The summed E-state index contributed by atoms with van der Waals surface area (Å²) >= 11 is 0. The molecule has 0 amide bonds. The molecule has 5 unspecified atom stereocenters. The summed E-state index contributed by atoms with van der Waals surface area (Å²) in [6.07, 6.45) is -6.67. The first-order valence-electron chi connectivity index (χ1n) is 9.32. The Morgan fingerprint density at radius 1 is 1.00 bits per heavy atom. The molecule has 27 heavy (non-hydrogen) atoms. The molecular formula is C19H26F5NO2. The van der Waals surface area contributed by atoms with Gasteiger partial charge in [-0.05, 0) is 31.6 Å². The van der Waals surface area contributed by atoms with Gasteiger partial charge in [0.15, 0.2) is 5.83 Å². The SMILES string of the molecule is CC.CC1CC(F)C(C(F)=C(F)C(=O)OC2CCC(C#N)C(F)C2)C(F)C1. The highest BCUT2D eigenvalue weighted by Gasteiger charge is 2.43. The van der Waals surface area contributed by atoms with Crippen LogP contribution < -0.4 is 0 Å². The molecule has 154 valence electrons. The molecule has 0 aromatic heterocycles. The summed E-state index contributed by atoms with van der Waals surface area (Å²) in [6.45, 7) is 5.60.